The van der Waals surface area contributed by atoms with Crippen molar-refractivity contribution >= 4 is 39.1 Å². The van der Waals surface area contributed by atoms with Crippen molar-refractivity contribution in [2.75, 3.05) is 13.1 Å². The zero-order valence-corrected chi connectivity index (χ0v) is 19.0. The number of carbonyl (C=O) groups excluding carboxylic acids is 1. The molecule has 30 heavy (non-hydrogen) atoms. The lowest BCUT2D eigenvalue weighted by Crippen LogP contribution is -2.42. The van der Waals surface area contributed by atoms with Gasteiger partial charge in [0.1, 0.15) is 5.82 Å². The Labute approximate surface area is 186 Å². The second-order valence-corrected chi connectivity index (χ2v) is 10.6. The molecule has 3 rings (SSSR count). The molecule has 0 saturated carbocycles. The largest absolute Gasteiger partial charge is 0.348 e. The number of piperidine rings is 1. The van der Waals surface area contributed by atoms with Crippen molar-refractivity contribution in [3.8, 4) is 0 Å². The lowest BCUT2D eigenvalue weighted by molar-refractivity contribution is 0.0946. The van der Waals surface area contributed by atoms with E-state index in [-0.39, 0.29) is 28.8 Å². The maximum absolute atomic E-state index is 14.3. The van der Waals surface area contributed by atoms with Gasteiger partial charge in [-0.1, -0.05) is 43.1 Å². The predicted molar refractivity (Wildman–Crippen MR) is 116 cm³/mol. The number of rotatable bonds is 5. The molecule has 5 nitrogen and oxygen atoms in total. The van der Waals surface area contributed by atoms with Gasteiger partial charge in [-0.3, -0.25) is 4.79 Å². The van der Waals surface area contributed by atoms with Gasteiger partial charge >= 0.3 is 0 Å². The van der Waals surface area contributed by atoms with E-state index in [0.717, 1.165) is 18.6 Å². The highest BCUT2D eigenvalue weighted by Crippen LogP contribution is 2.27. The monoisotopic (exact) mass is 472 g/mol. The van der Waals surface area contributed by atoms with Crippen molar-refractivity contribution < 1.29 is 17.6 Å². The van der Waals surface area contributed by atoms with Gasteiger partial charge in [0, 0.05) is 19.6 Å². The van der Waals surface area contributed by atoms with E-state index in [0.29, 0.717) is 28.7 Å². The highest BCUT2D eigenvalue weighted by molar-refractivity contribution is 7.89. The Morgan fingerprint density at radius 3 is 2.40 bits per heavy atom. The van der Waals surface area contributed by atoms with Crippen molar-refractivity contribution in [2.45, 2.75) is 31.7 Å². The maximum atomic E-state index is 14.3. The number of halogens is 3. The zero-order chi connectivity index (χ0) is 22.1. The maximum Gasteiger partial charge on any atom is 0.254 e. The highest BCUT2D eigenvalue weighted by atomic mass is 35.5. The van der Waals surface area contributed by atoms with Crippen LogP contribution in [-0.2, 0) is 16.6 Å². The lowest BCUT2D eigenvalue weighted by Gasteiger charge is -2.34. The molecule has 0 aliphatic carbocycles. The van der Waals surface area contributed by atoms with Gasteiger partial charge in [-0.2, -0.15) is 4.31 Å². The molecular weight excluding hydrogens is 450 g/mol. The molecule has 0 aromatic heterocycles. The second-order valence-electron chi connectivity index (χ2n) is 7.84. The topological polar surface area (TPSA) is 66.5 Å². The minimum atomic E-state index is -3.82. The van der Waals surface area contributed by atoms with Gasteiger partial charge in [0.25, 0.3) is 5.91 Å². The molecule has 1 N–H and O–H groups in total. The average molecular weight is 473 g/mol. The van der Waals surface area contributed by atoms with Gasteiger partial charge in [-0.25, -0.2) is 12.8 Å². The summed E-state index contributed by atoms with van der Waals surface area (Å²) in [5.41, 5.74) is 0.354. The third-order valence-electron chi connectivity index (χ3n) is 5.09. The number of nitrogens with one attached hydrogen (secondary N) is 1. The summed E-state index contributed by atoms with van der Waals surface area (Å²) in [5, 5.41) is 3.31. The first-order chi connectivity index (χ1) is 14.1. The molecule has 0 bridgehead atoms. The van der Waals surface area contributed by atoms with Gasteiger partial charge in [0.05, 0.1) is 20.5 Å². The van der Waals surface area contributed by atoms with E-state index >= 15 is 0 Å². The first-order valence-electron chi connectivity index (χ1n) is 9.59. The summed E-state index contributed by atoms with van der Waals surface area (Å²) < 4.78 is 41.8. The quantitative estimate of drug-likeness (QED) is 0.683. The summed E-state index contributed by atoms with van der Waals surface area (Å²) in [6.45, 7) is 4.91. The minimum Gasteiger partial charge on any atom is -0.348 e. The summed E-state index contributed by atoms with van der Waals surface area (Å²) in [6, 6.07) is 8.19. The number of amides is 1. The standard InChI is InChI=1S/C21H23Cl2FN2O3S/c1-13-7-14(2)12-26(11-13)30(28,29)16-4-6-20(24)17(9-16)21(27)25-10-15-3-5-18(22)19(23)8-15/h3-6,8-9,13-14H,7,10-12H2,1-2H3,(H,25,27)/t13-,14+. The van der Waals surface area contributed by atoms with Crippen molar-refractivity contribution in [3.05, 3.63) is 63.4 Å². The first kappa shape index (κ1) is 23.0. The van der Waals surface area contributed by atoms with Gasteiger partial charge in [-0.05, 0) is 54.2 Å². The van der Waals surface area contributed by atoms with Crippen LogP contribution in [0.15, 0.2) is 41.3 Å². The molecular formula is C21H23Cl2FN2O3S. The van der Waals surface area contributed by atoms with E-state index in [1.165, 1.54) is 10.4 Å². The summed E-state index contributed by atoms with van der Waals surface area (Å²) >= 11 is 11.8. The molecule has 162 valence electrons. The Kier molecular flexibility index (Phi) is 7.07. The number of sulfonamides is 1. The predicted octanol–water partition coefficient (Wildman–Crippen LogP) is 4.73. The molecule has 2 aromatic rings. The van der Waals surface area contributed by atoms with E-state index in [4.69, 9.17) is 23.2 Å². The van der Waals surface area contributed by atoms with Crippen LogP contribution in [0.4, 0.5) is 4.39 Å². The number of nitrogens with zero attached hydrogens (tertiary/aromatic N) is 1. The fourth-order valence-corrected chi connectivity index (χ4v) is 5.74. The summed E-state index contributed by atoms with van der Waals surface area (Å²) in [7, 11) is -3.82. The Morgan fingerprint density at radius 1 is 1.10 bits per heavy atom. The van der Waals surface area contributed by atoms with E-state index in [1.807, 2.05) is 13.8 Å². The molecule has 1 aliphatic rings. The Morgan fingerprint density at radius 2 is 1.77 bits per heavy atom. The van der Waals surface area contributed by atoms with Crippen LogP contribution < -0.4 is 5.32 Å². The second kappa shape index (κ2) is 9.22. The lowest BCUT2D eigenvalue weighted by atomic mass is 9.94. The van der Waals surface area contributed by atoms with Crippen LogP contribution in [0, 0.1) is 17.7 Å². The van der Waals surface area contributed by atoms with E-state index in [2.05, 4.69) is 5.32 Å². The molecule has 1 aliphatic heterocycles. The van der Waals surface area contributed by atoms with Crippen molar-refractivity contribution in [2.24, 2.45) is 11.8 Å². The summed E-state index contributed by atoms with van der Waals surface area (Å²) in [5.74, 6) is -1.03. The molecule has 0 unspecified atom stereocenters. The molecule has 0 spiro atoms. The van der Waals surface area contributed by atoms with Crippen LogP contribution in [0.25, 0.3) is 0 Å². The number of hydrogen-bond acceptors (Lipinski definition) is 3. The van der Waals surface area contributed by atoms with Gasteiger partial charge in [-0.15, -0.1) is 0 Å². The third-order valence-corrected chi connectivity index (χ3v) is 7.66. The number of hydrogen-bond donors (Lipinski definition) is 1. The van der Waals surface area contributed by atoms with Crippen molar-refractivity contribution in [1.82, 2.24) is 9.62 Å². The Balaban J connectivity index is 1.80. The summed E-state index contributed by atoms with van der Waals surface area (Å²) in [6.07, 6.45) is 0.956. The smallest absolute Gasteiger partial charge is 0.254 e. The average Bonchev–Trinajstić information content (AvgIpc) is 2.68. The van der Waals surface area contributed by atoms with Crippen LogP contribution in [0.2, 0.25) is 10.0 Å². The van der Waals surface area contributed by atoms with Gasteiger partial charge < -0.3 is 5.32 Å². The van der Waals surface area contributed by atoms with Gasteiger partial charge in [0.2, 0.25) is 10.0 Å². The van der Waals surface area contributed by atoms with E-state index in [9.17, 15) is 17.6 Å². The molecule has 9 heteroatoms. The third kappa shape index (κ3) is 5.14. The molecule has 1 fully saturated rings. The SMILES string of the molecule is C[C@@H]1C[C@H](C)CN(S(=O)(=O)c2ccc(F)c(C(=O)NCc3ccc(Cl)c(Cl)c3)c2)C1. The molecule has 1 heterocycles. The van der Waals surface area contributed by atoms with Crippen LogP contribution in [-0.4, -0.2) is 31.7 Å². The molecule has 1 saturated heterocycles. The molecule has 0 radical (unpaired) electrons. The van der Waals surface area contributed by atoms with Crippen LogP contribution in [0.3, 0.4) is 0 Å². The first-order valence-corrected chi connectivity index (χ1v) is 11.8. The normalized spacial score (nSPS) is 20.2. The van der Waals surface area contributed by atoms with E-state index in [1.54, 1.807) is 18.2 Å². The van der Waals surface area contributed by atoms with E-state index < -0.39 is 21.7 Å². The number of benzene rings is 2. The van der Waals surface area contributed by atoms with Crippen LogP contribution >= 0.6 is 23.2 Å². The number of carbonyl (C=O) groups is 1. The molecule has 2 aromatic carbocycles. The fourth-order valence-electron chi connectivity index (χ4n) is 3.72. The van der Waals surface area contributed by atoms with Crippen molar-refractivity contribution in [3.63, 3.8) is 0 Å². The van der Waals surface area contributed by atoms with Crippen LogP contribution in [0.5, 0.6) is 0 Å². The molecule has 1 amide bonds. The Bertz CT molecular complexity index is 1050. The zero-order valence-electron chi connectivity index (χ0n) is 16.7. The summed E-state index contributed by atoms with van der Waals surface area (Å²) in [4.78, 5) is 12.4. The Hall–Kier alpha value is -1.67. The molecule has 2 atom stereocenters. The van der Waals surface area contributed by atoms with Gasteiger partial charge in [0.15, 0.2) is 0 Å². The minimum absolute atomic E-state index is 0.0906. The van der Waals surface area contributed by atoms with Crippen LogP contribution in [0.1, 0.15) is 36.2 Å². The highest BCUT2D eigenvalue weighted by Gasteiger charge is 2.32. The fraction of sp³-hybridized carbons (Fsp3) is 0.381. The van der Waals surface area contributed by atoms with Crippen molar-refractivity contribution in [1.29, 1.82) is 0 Å².